The molecule has 0 heterocycles. The van der Waals surface area contributed by atoms with Gasteiger partial charge >= 0.3 is 0 Å². The van der Waals surface area contributed by atoms with Crippen molar-refractivity contribution in [3.8, 4) is 0 Å². The van der Waals surface area contributed by atoms with Gasteiger partial charge in [0.2, 0.25) is 0 Å². The smallest absolute Gasteiger partial charge is 0.145 e. The molecule has 2 nitrogen and oxygen atoms in total. The summed E-state index contributed by atoms with van der Waals surface area (Å²) in [6.07, 6.45) is 7.21. The van der Waals surface area contributed by atoms with Gasteiger partial charge in [0, 0.05) is 6.42 Å². The van der Waals surface area contributed by atoms with E-state index >= 15 is 0 Å². The van der Waals surface area contributed by atoms with E-state index in [2.05, 4.69) is 5.16 Å². The summed E-state index contributed by atoms with van der Waals surface area (Å²) >= 11 is 5.60. The first-order valence-electron chi connectivity index (χ1n) is 4.19. The molecule has 0 saturated heterocycles. The molecule has 64 valence electrons. The first-order chi connectivity index (χ1) is 5.33. The topological polar surface area (TPSA) is 32.6 Å². The van der Waals surface area contributed by atoms with Crippen molar-refractivity contribution in [3.05, 3.63) is 0 Å². The van der Waals surface area contributed by atoms with E-state index in [0.717, 1.165) is 6.42 Å². The maximum absolute atomic E-state index is 8.32. The Labute approximate surface area is 72.2 Å². The van der Waals surface area contributed by atoms with Crippen molar-refractivity contribution in [3.63, 3.8) is 0 Å². The van der Waals surface area contributed by atoms with Crippen LogP contribution in [0.5, 0.6) is 0 Å². The Morgan fingerprint density at radius 2 is 2.00 bits per heavy atom. The summed E-state index contributed by atoms with van der Waals surface area (Å²) in [5.41, 5.74) is 0. The monoisotopic (exact) mass is 175 g/mol. The van der Waals surface area contributed by atoms with Gasteiger partial charge in [0.05, 0.1) is 0 Å². The van der Waals surface area contributed by atoms with Crippen LogP contribution in [0.2, 0.25) is 0 Å². The summed E-state index contributed by atoms with van der Waals surface area (Å²) in [6, 6.07) is 0. The van der Waals surface area contributed by atoms with Crippen molar-refractivity contribution in [1.29, 1.82) is 0 Å². The second kappa shape index (κ2) is 4.60. The predicted octanol–water partition coefficient (Wildman–Crippen LogP) is 2.98. The molecule has 0 radical (unpaired) electrons. The Morgan fingerprint density at radius 3 is 2.55 bits per heavy atom. The third kappa shape index (κ3) is 3.10. The zero-order valence-electron chi connectivity index (χ0n) is 6.59. The molecular weight excluding hydrogens is 162 g/mol. The molecule has 1 N–H and O–H groups in total. The van der Waals surface area contributed by atoms with Gasteiger partial charge < -0.3 is 5.21 Å². The van der Waals surface area contributed by atoms with Gasteiger partial charge in [-0.15, -0.1) is 0 Å². The third-order valence-electron chi connectivity index (χ3n) is 2.29. The van der Waals surface area contributed by atoms with Gasteiger partial charge in [-0.2, -0.15) is 0 Å². The van der Waals surface area contributed by atoms with Gasteiger partial charge in [0.25, 0.3) is 0 Å². The van der Waals surface area contributed by atoms with Gasteiger partial charge in [0.15, 0.2) is 0 Å². The summed E-state index contributed by atoms with van der Waals surface area (Å²) in [6.45, 7) is 0. The molecule has 1 fully saturated rings. The largest absolute Gasteiger partial charge is 0.410 e. The fourth-order valence-electron chi connectivity index (χ4n) is 1.67. The second-order valence-electron chi connectivity index (χ2n) is 3.18. The number of nitrogens with zero attached hydrogens (tertiary/aromatic N) is 1. The number of halogens is 1. The molecule has 0 spiro atoms. The molecule has 0 atom stereocenters. The molecule has 0 aromatic carbocycles. The van der Waals surface area contributed by atoms with Crippen LogP contribution in [0.15, 0.2) is 5.16 Å². The molecule has 0 aromatic rings. The molecule has 1 rings (SSSR count). The summed E-state index contributed by atoms with van der Waals surface area (Å²) in [7, 11) is 0. The highest BCUT2D eigenvalue weighted by atomic mass is 35.5. The van der Waals surface area contributed by atoms with Crippen molar-refractivity contribution in [1.82, 2.24) is 0 Å². The van der Waals surface area contributed by atoms with Crippen LogP contribution in [0.1, 0.15) is 38.5 Å². The van der Waals surface area contributed by atoms with Crippen LogP contribution in [0.25, 0.3) is 0 Å². The zero-order chi connectivity index (χ0) is 8.10. The average molecular weight is 176 g/mol. The first-order valence-corrected chi connectivity index (χ1v) is 4.57. The average Bonchev–Trinajstić information content (AvgIpc) is 2.06. The highest BCUT2D eigenvalue weighted by Gasteiger charge is 2.14. The van der Waals surface area contributed by atoms with Gasteiger partial charge in [-0.1, -0.05) is 48.9 Å². The lowest BCUT2D eigenvalue weighted by Gasteiger charge is -2.19. The predicted molar refractivity (Wildman–Crippen MR) is 46.3 cm³/mol. The number of hydrogen-bond donors (Lipinski definition) is 1. The van der Waals surface area contributed by atoms with Crippen molar-refractivity contribution in [2.24, 2.45) is 11.1 Å². The minimum absolute atomic E-state index is 0.358. The quantitative estimate of drug-likeness (QED) is 0.391. The molecule has 0 unspecified atom stereocenters. The SMILES string of the molecule is O/N=C(\Cl)CC1CCCCC1. The number of rotatable bonds is 2. The standard InChI is InChI=1S/C8H14ClNO/c9-8(10-11)6-7-4-2-1-3-5-7/h7,11H,1-6H2/b10-8-. The third-order valence-corrected chi connectivity index (χ3v) is 2.52. The van der Waals surface area contributed by atoms with Crippen molar-refractivity contribution in [2.45, 2.75) is 38.5 Å². The lowest BCUT2D eigenvalue weighted by molar-refractivity contribution is 0.313. The van der Waals surface area contributed by atoms with Crippen LogP contribution < -0.4 is 0 Å². The Balaban J connectivity index is 2.24. The number of hydrogen-bond acceptors (Lipinski definition) is 2. The molecule has 1 aliphatic rings. The molecular formula is C8H14ClNO. The van der Waals surface area contributed by atoms with Gasteiger partial charge in [-0.05, 0) is 5.92 Å². The number of oxime groups is 1. The Kier molecular flexibility index (Phi) is 3.70. The summed E-state index contributed by atoms with van der Waals surface area (Å²) in [4.78, 5) is 0. The maximum Gasteiger partial charge on any atom is 0.145 e. The van der Waals surface area contributed by atoms with E-state index in [9.17, 15) is 0 Å². The highest BCUT2D eigenvalue weighted by Crippen LogP contribution is 2.26. The lowest BCUT2D eigenvalue weighted by Crippen LogP contribution is -2.08. The van der Waals surface area contributed by atoms with Crippen molar-refractivity contribution >= 4 is 16.8 Å². The first kappa shape index (κ1) is 8.85. The fraction of sp³-hybridized carbons (Fsp3) is 0.875. The normalized spacial score (nSPS) is 22.1. The van der Waals surface area contributed by atoms with Gasteiger partial charge in [0.1, 0.15) is 5.17 Å². The molecule has 3 heteroatoms. The van der Waals surface area contributed by atoms with Gasteiger partial charge in [-0.25, -0.2) is 0 Å². The van der Waals surface area contributed by atoms with E-state index in [1.165, 1.54) is 32.1 Å². The van der Waals surface area contributed by atoms with Crippen LogP contribution in [0.3, 0.4) is 0 Å². The Bertz CT molecular complexity index is 141. The zero-order valence-corrected chi connectivity index (χ0v) is 7.35. The lowest BCUT2D eigenvalue weighted by atomic mass is 9.87. The Morgan fingerprint density at radius 1 is 1.36 bits per heavy atom. The molecule has 0 aromatic heterocycles. The molecule has 0 bridgehead atoms. The van der Waals surface area contributed by atoms with Crippen LogP contribution in [-0.2, 0) is 0 Å². The minimum atomic E-state index is 0.358. The van der Waals surface area contributed by atoms with Crippen LogP contribution in [0, 0.1) is 5.92 Å². The molecule has 11 heavy (non-hydrogen) atoms. The molecule has 1 saturated carbocycles. The molecule has 0 aliphatic heterocycles. The van der Waals surface area contributed by atoms with Crippen molar-refractivity contribution in [2.75, 3.05) is 0 Å². The van der Waals surface area contributed by atoms with Gasteiger partial charge in [-0.3, -0.25) is 0 Å². The van der Waals surface area contributed by atoms with E-state index in [1.54, 1.807) is 0 Å². The summed E-state index contributed by atoms with van der Waals surface area (Å²) in [5.74, 6) is 0.659. The Hall–Kier alpha value is -0.240. The maximum atomic E-state index is 8.32. The van der Waals surface area contributed by atoms with Crippen LogP contribution in [-0.4, -0.2) is 10.4 Å². The highest BCUT2D eigenvalue weighted by molar-refractivity contribution is 6.65. The van der Waals surface area contributed by atoms with Crippen LogP contribution >= 0.6 is 11.6 Å². The fourth-order valence-corrected chi connectivity index (χ4v) is 1.89. The van der Waals surface area contributed by atoms with E-state index in [4.69, 9.17) is 16.8 Å². The van der Waals surface area contributed by atoms with E-state index < -0.39 is 0 Å². The van der Waals surface area contributed by atoms with E-state index in [-0.39, 0.29) is 0 Å². The molecule has 1 aliphatic carbocycles. The van der Waals surface area contributed by atoms with E-state index in [1.807, 2.05) is 0 Å². The second-order valence-corrected chi connectivity index (χ2v) is 3.62. The van der Waals surface area contributed by atoms with E-state index in [0.29, 0.717) is 11.1 Å². The van der Waals surface area contributed by atoms with Crippen molar-refractivity contribution < 1.29 is 5.21 Å². The summed E-state index contributed by atoms with van der Waals surface area (Å²) in [5, 5.41) is 11.6. The van der Waals surface area contributed by atoms with Crippen LogP contribution in [0.4, 0.5) is 0 Å². The molecule has 0 amide bonds. The summed E-state index contributed by atoms with van der Waals surface area (Å²) < 4.78 is 0. The minimum Gasteiger partial charge on any atom is -0.410 e.